The zero-order valence-electron chi connectivity index (χ0n) is 13.2. The normalized spacial score (nSPS) is 13.3. The fraction of sp³-hybridized carbons (Fsp3) is 0.294. The van der Waals surface area contributed by atoms with E-state index in [-0.39, 0.29) is 11.9 Å². The molecule has 0 bridgehead atoms. The third kappa shape index (κ3) is 4.39. The molecule has 23 heavy (non-hydrogen) atoms. The molecule has 0 saturated heterocycles. The number of aryl methyl sites for hydroxylation is 1. The second-order valence-electron chi connectivity index (χ2n) is 5.24. The summed E-state index contributed by atoms with van der Waals surface area (Å²) in [5.41, 5.74) is 0.459. The number of aliphatic carboxylic acids is 1. The van der Waals surface area contributed by atoms with E-state index < -0.39 is 11.2 Å². The average molecular weight is 333 g/mol. The second-order valence-corrected chi connectivity index (χ2v) is 6.62. The van der Waals surface area contributed by atoms with Gasteiger partial charge in [-0.3, -0.25) is 9.59 Å². The van der Waals surface area contributed by atoms with Crippen molar-refractivity contribution in [3.8, 4) is 0 Å². The van der Waals surface area contributed by atoms with Crippen LogP contribution in [0.2, 0.25) is 0 Å². The molecule has 0 fully saturated rings. The molecule has 2 aromatic rings. The Morgan fingerprint density at radius 2 is 1.87 bits per heavy atom. The summed E-state index contributed by atoms with van der Waals surface area (Å²) in [6.07, 6.45) is 0. The van der Waals surface area contributed by atoms with Crippen LogP contribution in [0.15, 0.2) is 45.7 Å². The monoisotopic (exact) mass is 333 g/mol. The SMILES string of the molecule is Cc1ccc(C(C)NC(=O)c2ccccc2SC(C)C(=O)O)o1. The highest BCUT2D eigenvalue weighted by Crippen LogP contribution is 2.27. The van der Waals surface area contributed by atoms with E-state index >= 15 is 0 Å². The maximum atomic E-state index is 12.5. The Balaban J connectivity index is 2.14. The Kier molecular flexibility index (Phi) is 5.50. The quantitative estimate of drug-likeness (QED) is 0.789. The molecule has 0 aliphatic carbocycles. The number of furan rings is 1. The lowest BCUT2D eigenvalue weighted by Gasteiger charge is -2.15. The van der Waals surface area contributed by atoms with Gasteiger partial charge >= 0.3 is 5.97 Å². The first-order valence-electron chi connectivity index (χ1n) is 7.24. The van der Waals surface area contributed by atoms with Crippen LogP contribution in [0.4, 0.5) is 0 Å². The van der Waals surface area contributed by atoms with E-state index in [0.29, 0.717) is 16.2 Å². The van der Waals surface area contributed by atoms with Crippen molar-refractivity contribution in [2.75, 3.05) is 0 Å². The topological polar surface area (TPSA) is 79.5 Å². The molecule has 0 radical (unpaired) electrons. The van der Waals surface area contributed by atoms with Crippen molar-refractivity contribution >= 4 is 23.6 Å². The number of hydrogen-bond donors (Lipinski definition) is 2. The van der Waals surface area contributed by atoms with Crippen molar-refractivity contribution in [2.24, 2.45) is 0 Å². The van der Waals surface area contributed by atoms with Crippen LogP contribution in [0, 0.1) is 6.92 Å². The van der Waals surface area contributed by atoms with Crippen LogP contribution in [0.25, 0.3) is 0 Å². The number of rotatable bonds is 6. The molecule has 1 aromatic heterocycles. The summed E-state index contributed by atoms with van der Waals surface area (Å²) >= 11 is 1.15. The third-order valence-electron chi connectivity index (χ3n) is 3.32. The summed E-state index contributed by atoms with van der Waals surface area (Å²) in [4.78, 5) is 24.2. The minimum Gasteiger partial charge on any atom is -0.480 e. The van der Waals surface area contributed by atoms with Gasteiger partial charge in [-0.2, -0.15) is 0 Å². The number of carboxylic acids is 1. The molecule has 1 heterocycles. The largest absolute Gasteiger partial charge is 0.480 e. The molecule has 122 valence electrons. The van der Waals surface area contributed by atoms with Crippen LogP contribution in [-0.4, -0.2) is 22.2 Å². The molecule has 0 aliphatic heterocycles. The summed E-state index contributed by atoms with van der Waals surface area (Å²) in [6.45, 7) is 5.28. The Morgan fingerprint density at radius 3 is 2.48 bits per heavy atom. The van der Waals surface area contributed by atoms with E-state index in [4.69, 9.17) is 9.52 Å². The van der Waals surface area contributed by atoms with E-state index in [2.05, 4.69) is 5.32 Å². The standard InChI is InChI=1S/C17H19NO4S/c1-10-8-9-14(22-10)11(2)18-16(19)13-6-4-5-7-15(13)23-12(3)17(20)21/h4-9,11-12H,1-3H3,(H,18,19)(H,20,21). The van der Waals surface area contributed by atoms with Gasteiger partial charge in [0, 0.05) is 4.90 Å². The van der Waals surface area contributed by atoms with Crippen LogP contribution < -0.4 is 5.32 Å². The number of carboxylic acid groups (broad SMARTS) is 1. The summed E-state index contributed by atoms with van der Waals surface area (Å²) in [6, 6.07) is 10.4. The molecule has 1 aromatic carbocycles. The Morgan fingerprint density at radius 1 is 1.17 bits per heavy atom. The zero-order chi connectivity index (χ0) is 17.0. The van der Waals surface area contributed by atoms with Gasteiger partial charge < -0.3 is 14.8 Å². The number of hydrogen-bond acceptors (Lipinski definition) is 4. The van der Waals surface area contributed by atoms with Gasteiger partial charge in [-0.25, -0.2) is 0 Å². The third-order valence-corrected chi connectivity index (χ3v) is 4.48. The Hall–Kier alpha value is -2.21. The molecule has 1 amide bonds. The highest BCUT2D eigenvalue weighted by molar-refractivity contribution is 8.00. The van der Waals surface area contributed by atoms with Crippen LogP contribution in [0.3, 0.4) is 0 Å². The van der Waals surface area contributed by atoms with Crippen molar-refractivity contribution in [1.82, 2.24) is 5.32 Å². The number of thioether (sulfide) groups is 1. The minimum atomic E-state index is -0.912. The molecule has 0 aliphatic rings. The van der Waals surface area contributed by atoms with E-state index in [1.165, 1.54) is 0 Å². The van der Waals surface area contributed by atoms with Crippen molar-refractivity contribution in [1.29, 1.82) is 0 Å². The van der Waals surface area contributed by atoms with Crippen LogP contribution in [0.5, 0.6) is 0 Å². The summed E-state index contributed by atoms with van der Waals surface area (Å²) in [7, 11) is 0. The van der Waals surface area contributed by atoms with Crippen molar-refractivity contribution in [2.45, 2.75) is 37.0 Å². The molecular formula is C17H19NO4S. The number of amides is 1. The molecule has 5 nitrogen and oxygen atoms in total. The summed E-state index contributed by atoms with van der Waals surface area (Å²) < 4.78 is 5.51. The van der Waals surface area contributed by atoms with Crippen molar-refractivity contribution < 1.29 is 19.1 Å². The molecule has 2 rings (SSSR count). The van der Waals surface area contributed by atoms with Gasteiger partial charge in [0.15, 0.2) is 0 Å². The van der Waals surface area contributed by atoms with E-state index in [0.717, 1.165) is 17.5 Å². The molecular weight excluding hydrogens is 314 g/mol. The average Bonchev–Trinajstić information content (AvgIpc) is 2.94. The fourth-order valence-corrected chi connectivity index (χ4v) is 2.96. The van der Waals surface area contributed by atoms with Gasteiger partial charge in [0.05, 0.1) is 11.6 Å². The van der Waals surface area contributed by atoms with Gasteiger partial charge in [-0.05, 0) is 45.0 Å². The Labute approximate surface area is 139 Å². The lowest BCUT2D eigenvalue weighted by Crippen LogP contribution is -2.27. The predicted octanol–water partition coefficient (Wildman–Crippen LogP) is 3.64. The molecule has 2 atom stereocenters. The van der Waals surface area contributed by atoms with E-state index in [1.54, 1.807) is 31.2 Å². The predicted molar refractivity (Wildman–Crippen MR) is 88.7 cm³/mol. The number of nitrogens with one attached hydrogen (secondary N) is 1. The number of benzene rings is 1. The second kappa shape index (κ2) is 7.37. The first kappa shape index (κ1) is 17.1. The van der Waals surface area contributed by atoms with Crippen LogP contribution in [0.1, 0.15) is 41.8 Å². The van der Waals surface area contributed by atoms with E-state index in [1.807, 2.05) is 26.0 Å². The van der Waals surface area contributed by atoms with E-state index in [9.17, 15) is 9.59 Å². The first-order chi connectivity index (χ1) is 10.9. The molecule has 2 unspecified atom stereocenters. The van der Waals surface area contributed by atoms with Gasteiger partial charge in [0.2, 0.25) is 0 Å². The fourth-order valence-electron chi connectivity index (χ4n) is 2.03. The van der Waals surface area contributed by atoms with Gasteiger partial charge in [-0.15, -0.1) is 11.8 Å². The van der Waals surface area contributed by atoms with Gasteiger partial charge in [0.1, 0.15) is 16.8 Å². The summed E-state index contributed by atoms with van der Waals surface area (Å²) in [5.74, 6) is 0.295. The van der Waals surface area contributed by atoms with Crippen LogP contribution >= 0.6 is 11.8 Å². The minimum absolute atomic E-state index is 0.257. The van der Waals surface area contributed by atoms with Gasteiger partial charge in [0.25, 0.3) is 5.91 Å². The maximum absolute atomic E-state index is 12.5. The van der Waals surface area contributed by atoms with Crippen molar-refractivity contribution in [3.63, 3.8) is 0 Å². The summed E-state index contributed by atoms with van der Waals surface area (Å²) in [5, 5.41) is 11.3. The lowest BCUT2D eigenvalue weighted by atomic mass is 10.2. The Bertz CT molecular complexity index is 710. The highest BCUT2D eigenvalue weighted by Gasteiger charge is 2.20. The first-order valence-corrected chi connectivity index (χ1v) is 8.12. The van der Waals surface area contributed by atoms with Crippen LogP contribution in [-0.2, 0) is 4.79 Å². The zero-order valence-corrected chi connectivity index (χ0v) is 14.0. The molecule has 0 spiro atoms. The van der Waals surface area contributed by atoms with Gasteiger partial charge in [-0.1, -0.05) is 12.1 Å². The number of carbonyl (C=O) groups is 2. The molecule has 0 saturated carbocycles. The van der Waals surface area contributed by atoms with Crippen molar-refractivity contribution in [3.05, 3.63) is 53.5 Å². The molecule has 6 heteroatoms. The maximum Gasteiger partial charge on any atom is 0.316 e. The lowest BCUT2D eigenvalue weighted by molar-refractivity contribution is -0.136. The smallest absolute Gasteiger partial charge is 0.316 e. The highest BCUT2D eigenvalue weighted by atomic mass is 32.2. The number of carbonyl (C=O) groups excluding carboxylic acids is 1. The molecule has 2 N–H and O–H groups in total.